The monoisotopic (exact) mass is 312 g/mol. The fourth-order valence-electron chi connectivity index (χ4n) is 2.25. The highest BCUT2D eigenvalue weighted by atomic mass is 79.9. The molecule has 2 rings (SSSR count). The third-order valence-corrected chi connectivity index (χ3v) is 4.09. The van der Waals surface area contributed by atoms with Crippen LogP contribution in [0.4, 0.5) is 0 Å². The van der Waals surface area contributed by atoms with Crippen molar-refractivity contribution in [1.29, 1.82) is 0 Å². The van der Waals surface area contributed by atoms with E-state index in [-0.39, 0.29) is 11.7 Å². The highest BCUT2D eigenvalue weighted by Gasteiger charge is 2.20. The van der Waals surface area contributed by atoms with Crippen molar-refractivity contribution < 1.29 is 14.6 Å². The number of carbonyl (C=O) groups is 1. The van der Waals surface area contributed by atoms with Crippen molar-refractivity contribution in [3.8, 4) is 5.75 Å². The summed E-state index contributed by atoms with van der Waals surface area (Å²) in [5.41, 5.74) is 0.261. The molecule has 0 spiro atoms. The zero-order valence-electron chi connectivity index (χ0n) is 10.4. The highest BCUT2D eigenvalue weighted by Crippen LogP contribution is 2.31. The van der Waals surface area contributed by atoms with Crippen LogP contribution in [0.2, 0.25) is 0 Å². The topological polar surface area (TPSA) is 46.5 Å². The molecule has 1 fully saturated rings. The predicted molar refractivity (Wildman–Crippen MR) is 73.1 cm³/mol. The van der Waals surface area contributed by atoms with Crippen LogP contribution in [0.1, 0.15) is 43.0 Å². The molecule has 1 saturated carbocycles. The summed E-state index contributed by atoms with van der Waals surface area (Å²) in [4.78, 5) is 10.9. The van der Waals surface area contributed by atoms with Gasteiger partial charge in [-0.3, -0.25) is 0 Å². The number of halogens is 1. The van der Waals surface area contributed by atoms with Gasteiger partial charge in [-0.15, -0.1) is 0 Å². The molecule has 0 unspecified atom stereocenters. The van der Waals surface area contributed by atoms with Crippen molar-refractivity contribution >= 4 is 21.9 Å². The van der Waals surface area contributed by atoms with Gasteiger partial charge in [-0.25, -0.2) is 4.79 Å². The number of hydrogen-bond acceptors (Lipinski definition) is 2. The van der Waals surface area contributed by atoms with Gasteiger partial charge in [0.15, 0.2) is 0 Å². The first kappa shape index (κ1) is 13.4. The molecular formula is C14H17BrO3. The lowest BCUT2D eigenvalue weighted by molar-refractivity contribution is 0.0695. The van der Waals surface area contributed by atoms with Crippen molar-refractivity contribution in [1.82, 2.24) is 0 Å². The van der Waals surface area contributed by atoms with Gasteiger partial charge in [0.2, 0.25) is 0 Å². The van der Waals surface area contributed by atoms with E-state index in [9.17, 15) is 4.79 Å². The molecule has 0 atom stereocenters. The Kier molecular flexibility index (Phi) is 4.27. The van der Waals surface area contributed by atoms with Crippen LogP contribution in [0.15, 0.2) is 22.7 Å². The van der Waals surface area contributed by atoms with Gasteiger partial charge >= 0.3 is 5.97 Å². The second-order valence-electron chi connectivity index (χ2n) is 4.95. The van der Waals surface area contributed by atoms with Gasteiger partial charge in [0.1, 0.15) is 5.75 Å². The molecule has 1 aromatic rings. The van der Waals surface area contributed by atoms with Gasteiger partial charge in [0.25, 0.3) is 0 Å². The van der Waals surface area contributed by atoms with E-state index in [0.29, 0.717) is 5.75 Å². The minimum Gasteiger partial charge on any atom is -0.489 e. The molecule has 0 amide bonds. The molecule has 18 heavy (non-hydrogen) atoms. The Labute approximate surface area is 115 Å². The molecule has 1 aromatic carbocycles. The Hall–Kier alpha value is -1.03. The molecule has 0 bridgehead atoms. The van der Waals surface area contributed by atoms with E-state index in [1.165, 1.54) is 12.8 Å². The zero-order chi connectivity index (χ0) is 13.1. The van der Waals surface area contributed by atoms with Crippen LogP contribution in [0.5, 0.6) is 5.75 Å². The van der Waals surface area contributed by atoms with Crippen LogP contribution in [0.25, 0.3) is 0 Å². The second kappa shape index (κ2) is 5.74. The van der Waals surface area contributed by atoms with Crippen molar-refractivity contribution in [2.75, 3.05) is 0 Å². The molecule has 1 aliphatic carbocycles. The average Bonchev–Trinajstić information content (AvgIpc) is 2.34. The first-order chi connectivity index (χ1) is 8.56. The van der Waals surface area contributed by atoms with Gasteiger partial charge < -0.3 is 9.84 Å². The number of ether oxygens (including phenoxy) is 1. The van der Waals surface area contributed by atoms with Gasteiger partial charge in [-0.05, 0) is 65.7 Å². The van der Waals surface area contributed by atoms with Crippen molar-refractivity contribution in [2.24, 2.45) is 5.92 Å². The van der Waals surface area contributed by atoms with E-state index in [1.807, 2.05) is 0 Å². The van der Waals surface area contributed by atoms with Crippen molar-refractivity contribution in [3.63, 3.8) is 0 Å². The zero-order valence-corrected chi connectivity index (χ0v) is 11.9. The molecule has 0 saturated heterocycles. The predicted octanol–water partition coefficient (Wildman–Crippen LogP) is 4.10. The third kappa shape index (κ3) is 3.25. The summed E-state index contributed by atoms with van der Waals surface area (Å²) in [5, 5.41) is 8.97. The number of rotatable bonds is 3. The Balaban J connectivity index is 2.08. The van der Waals surface area contributed by atoms with Gasteiger partial charge in [0, 0.05) is 0 Å². The molecule has 98 valence electrons. The van der Waals surface area contributed by atoms with E-state index >= 15 is 0 Å². The van der Waals surface area contributed by atoms with Crippen molar-refractivity contribution in [3.05, 3.63) is 28.2 Å². The summed E-state index contributed by atoms with van der Waals surface area (Å²) < 4.78 is 6.73. The quantitative estimate of drug-likeness (QED) is 0.913. The molecule has 4 heteroatoms. The Morgan fingerprint density at radius 3 is 2.61 bits per heavy atom. The third-order valence-electron chi connectivity index (χ3n) is 3.43. The fourth-order valence-corrected chi connectivity index (χ4v) is 2.59. The van der Waals surface area contributed by atoms with Crippen molar-refractivity contribution in [2.45, 2.75) is 38.7 Å². The molecular weight excluding hydrogens is 296 g/mol. The summed E-state index contributed by atoms with van der Waals surface area (Å²) in [6.07, 6.45) is 4.67. The Morgan fingerprint density at radius 2 is 2.00 bits per heavy atom. The fraction of sp³-hybridized carbons (Fsp3) is 0.500. The summed E-state index contributed by atoms with van der Waals surface area (Å²) in [7, 11) is 0. The summed E-state index contributed by atoms with van der Waals surface area (Å²) in [6.45, 7) is 2.26. The first-order valence-corrected chi connectivity index (χ1v) is 7.05. The van der Waals surface area contributed by atoms with Crippen LogP contribution in [-0.4, -0.2) is 17.2 Å². The maximum absolute atomic E-state index is 10.9. The van der Waals surface area contributed by atoms with Crippen LogP contribution in [0, 0.1) is 5.92 Å². The smallest absolute Gasteiger partial charge is 0.335 e. The van der Waals surface area contributed by atoms with E-state index in [0.717, 1.165) is 23.2 Å². The largest absolute Gasteiger partial charge is 0.489 e. The Morgan fingerprint density at radius 1 is 1.33 bits per heavy atom. The van der Waals surface area contributed by atoms with Gasteiger partial charge in [0.05, 0.1) is 16.1 Å². The van der Waals surface area contributed by atoms with Crippen LogP contribution in [-0.2, 0) is 0 Å². The molecule has 1 N–H and O–H groups in total. The normalized spacial score (nSPS) is 23.7. The minimum absolute atomic E-state index is 0.210. The summed E-state index contributed by atoms with van der Waals surface area (Å²) in [5.74, 6) is 0.484. The first-order valence-electron chi connectivity index (χ1n) is 6.25. The minimum atomic E-state index is -0.926. The van der Waals surface area contributed by atoms with Gasteiger partial charge in [-0.2, -0.15) is 0 Å². The lowest BCUT2D eigenvalue weighted by Gasteiger charge is -2.27. The number of hydrogen-bond donors (Lipinski definition) is 1. The van der Waals surface area contributed by atoms with Crippen LogP contribution >= 0.6 is 15.9 Å². The molecule has 3 nitrogen and oxygen atoms in total. The lowest BCUT2D eigenvalue weighted by atomic mass is 9.89. The SMILES string of the molecule is CC1CCC(Oc2cc(C(=O)O)ccc2Br)CC1. The molecule has 0 aliphatic heterocycles. The molecule has 0 radical (unpaired) electrons. The Bertz CT molecular complexity index is 437. The molecule has 0 aromatic heterocycles. The summed E-state index contributed by atoms with van der Waals surface area (Å²) >= 11 is 3.40. The van der Waals surface area contributed by atoms with E-state index in [1.54, 1.807) is 18.2 Å². The molecule has 1 aliphatic rings. The van der Waals surface area contributed by atoms with Crippen LogP contribution in [0.3, 0.4) is 0 Å². The highest BCUT2D eigenvalue weighted by molar-refractivity contribution is 9.10. The maximum atomic E-state index is 10.9. The second-order valence-corrected chi connectivity index (χ2v) is 5.80. The average molecular weight is 313 g/mol. The van der Waals surface area contributed by atoms with E-state index < -0.39 is 5.97 Å². The van der Waals surface area contributed by atoms with Gasteiger partial charge in [-0.1, -0.05) is 6.92 Å². The van der Waals surface area contributed by atoms with E-state index in [4.69, 9.17) is 9.84 Å². The maximum Gasteiger partial charge on any atom is 0.335 e. The van der Waals surface area contributed by atoms with E-state index in [2.05, 4.69) is 22.9 Å². The number of carboxylic acid groups (broad SMARTS) is 1. The number of benzene rings is 1. The number of carboxylic acids is 1. The number of aromatic carboxylic acids is 1. The van der Waals surface area contributed by atoms with Crippen LogP contribution < -0.4 is 4.74 Å². The molecule has 0 heterocycles. The standard InChI is InChI=1S/C14H17BrO3/c1-9-2-5-11(6-3-9)18-13-8-10(14(16)17)4-7-12(13)15/h4,7-9,11H,2-3,5-6H2,1H3,(H,16,17). The summed E-state index contributed by atoms with van der Waals surface area (Å²) in [6, 6.07) is 4.89. The lowest BCUT2D eigenvalue weighted by Crippen LogP contribution is -2.23.